The molecular weight excluding hydrogens is 242 g/mol. The van der Waals surface area contributed by atoms with E-state index in [1.54, 1.807) is 0 Å². The van der Waals surface area contributed by atoms with Crippen molar-refractivity contribution in [1.29, 1.82) is 0 Å². The molecule has 0 saturated heterocycles. The van der Waals surface area contributed by atoms with Crippen LogP contribution < -0.4 is 14.8 Å². The van der Waals surface area contributed by atoms with Crippen LogP contribution in [0.25, 0.3) is 0 Å². The van der Waals surface area contributed by atoms with Gasteiger partial charge in [-0.2, -0.15) is 0 Å². The predicted octanol–water partition coefficient (Wildman–Crippen LogP) is 2.16. The number of ether oxygens (including phenoxy) is 2. The lowest BCUT2D eigenvalue weighted by Crippen LogP contribution is -2.37. The summed E-state index contributed by atoms with van der Waals surface area (Å²) < 4.78 is 11.0. The molecule has 1 unspecified atom stereocenters. The molecule has 1 aliphatic heterocycles. The molecule has 0 bridgehead atoms. The van der Waals surface area contributed by atoms with Gasteiger partial charge in [0, 0.05) is 6.04 Å². The van der Waals surface area contributed by atoms with Gasteiger partial charge >= 0.3 is 0 Å². The van der Waals surface area contributed by atoms with Crippen molar-refractivity contribution >= 4 is 5.91 Å². The summed E-state index contributed by atoms with van der Waals surface area (Å²) in [5.41, 5.74) is 0.942. The molecule has 0 aromatic heterocycles. The molecule has 4 heteroatoms. The first kappa shape index (κ1) is 13.7. The molecule has 1 atom stereocenters. The second-order valence-electron chi connectivity index (χ2n) is 5.25. The van der Waals surface area contributed by atoms with E-state index >= 15 is 0 Å². The minimum Gasteiger partial charge on any atom is -0.486 e. The van der Waals surface area contributed by atoms with Crippen molar-refractivity contribution in [2.24, 2.45) is 5.92 Å². The van der Waals surface area contributed by atoms with E-state index in [0.717, 1.165) is 17.1 Å². The van der Waals surface area contributed by atoms with E-state index in [-0.39, 0.29) is 11.9 Å². The first-order valence-corrected chi connectivity index (χ1v) is 6.74. The third kappa shape index (κ3) is 3.63. The second-order valence-corrected chi connectivity index (χ2v) is 5.25. The zero-order valence-electron chi connectivity index (χ0n) is 11.7. The van der Waals surface area contributed by atoms with Gasteiger partial charge in [-0.15, -0.1) is 0 Å². The van der Waals surface area contributed by atoms with E-state index in [2.05, 4.69) is 19.2 Å². The molecule has 0 aliphatic carbocycles. The summed E-state index contributed by atoms with van der Waals surface area (Å²) in [6, 6.07) is 5.84. The van der Waals surface area contributed by atoms with Crippen LogP contribution in [0.15, 0.2) is 18.2 Å². The Kier molecular flexibility index (Phi) is 4.30. The molecule has 19 heavy (non-hydrogen) atoms. The Hall–Kier alpha value is -1.71. The van der Waals surface area contributed by atoms with Crippen LogP contribution in [0.5, 0.6) is 11.5 Å². The molecule has 0 saturated carbocycles. The number of carbonyl (C=O) groups excluding carboxylic acids is 1. The summed E-state index contributed by atoms with van der Waals surface area (Å²) >= 11 is 0. The Morgan fingerprint density at radius 2 is 1.89 bits per heavy atom. The third-order valence-electron chi connectivity index (χ3n) is 3.36. The molecule has 1 amide bonds. The highest BCUT2D eigenvalue weighted by molar-refractivity contribution is 5.79. The molecule has 1 aromatic carbocycles. The maximum Gasteiger partial charge on any atom is 0.224 e. The fourth-order valence-electron chi connectivity index (χ4n) is 1.85. The van der Waals surface area contributed by atoms with Gasteiger partial charge in [0.1, 0.15) is 13.2 Å². The monoisotopic (exact) mass is 263 g/mol. The average molecular weight is 263 g/mol. The van der Waals surface area contributed by atoms with Crippen molar-refractivity contribution in [1.82, 2.24) is 5.32 Å². The van der Waals surface area contributed by atoms with E-state index in [9.17, 15) is 4.79 Å². The molecular formula is C15H21NO3. The summed E-state index contributed by atoms with van der Waals surface area (Å²) in [4.78, 5) is 11.9. The van der Waals surface area contributed by atoms with Gasteiger partial charge in [0.25, 0.3) is 0 Å². The molecule has 1 heterocycles. The summed E-state index contributed by atoms with van der Waals surface area (Å²) in [6.45, 7) is 7.35. The van der Waals surface area contributed by atoms with Crippen molar-refractivity contribution in [2.75, 3.05) is 13.2 Å². The number of rotatable bonds is 4. The summed E-state index contributed by atoms with van der Waals surface area (Å²) in [5, 5.41) is 3.00. The molecule has 0 fully saturated rings. The Labute approximate surface area is 114 Å². The van der Waals surface area contributed by atoms with Gasteiger partial charge in [0.2, 0.25) is 5.91 Å². The number of hydrogen-bond acceptors (Lipinski definition) is 3. The fraction of sp³-hybridized carbons (Fsp3) is 0.533. The van der Waals surface area contributed by atoms with Crippen molar-refractivity contribution in [3.63, 3.8) is 0 Å². The first-order chi connectivity index (χ1) is 9.06. The van der Waals surface area contributed by atoms with Gasteiger partial charge < -0.3 is 14.8 Å². The maximum absolute atomic E-state index is 11.9. The number of benzene rings is 1. The average Bonchev–Trinajstić information content (AvgIpc) is 2.38. The van der Waals surface area contributed by atoms with Crippen molar-refractivity contribution < 1.29 is 14.3 Å². The molecule has 0 radical (unpaired) electrons. The summed E-state index contributed by atoms with van der Waals surface area (Å²) in [5.74, 6) is 1.96. The Balaban J connectivity index is 1.97. The van der Waals surface area contributed by atoms with Crippen LogP contribution in [0.2, 0.25) is 0 Å². The van der Waals surface area contributed by atoms with Crippen LogP contribution >= 0.6 is 0 Å². The van der Waals surface area contributed by atoms with Crippen LogP contribution in [-0.4, -0.2) is 25.2 Å². The first-order valence-electron chi connectivity index (χ1n) is 6.74. The second kappa shape index (κ2) is 5.95. The molecule has 1 aliphatic rings. The fourth-order valence-corrected chi connectivity index (χ4v) is 1.85. The zero-order valence-corrected chi connectivity index (χ0v) is 11.7. The van der Waals surface area contributed by atoms with E-state index in [1.807, 2.05) is 25.1 Å². The van der Waals surface area contributed by atoms with Crippen LogP contribution in [0.1, 0.15) is 26.3 Å². The molecule has 1 N–H and O–H groups in total. The highest BCUT2D eigenvalue weighted by atomic mass is 16.6. The van der Waals surface area contributed by atoms with Crippen molar-refractivity contribution in [3.8, 4) is 11.5 Å². The molecule has 0 spiro atoms. The van der Waals surface area contributed by atoms with E-state index in [4.69, 9.17) is 9.47 Å². The van der Waals surface area contributed by atoms with Crippen LogP contribution in [0, 0.1) is 5.92 Å². The van der Waals surface area contributed by atoms with Gasteiger partial charge in [-0.25, -0.2) is 0 Å². The van der Waals surface area contributed by atoms with Crippen molar-refractivity contribution in [3.05, 3.63) is 23.8 Å². The highest BCUT2D eigenvalue weighted by Crippen LogP contribution is 2.30. The number of hydrogen-bond donors (Lipinski definition) is 1. The van der Waals surface area contributed by atoms with Gasteiger partial charge in [-0.1, -0.05) is 19.9 Å². The quantitative estimate of drug-likeness (QED) is 0.905. The van der Waals surface area contributed by atoms with Gasteiger partial charge in [0.05, 0.1) is 6.42 Å². The largest absolute Gasteiger partial charge is 0.486 e. The topological polar surface area (TPSA) is 47.6 Å². The zero-order chi connectivity index (χ0) is 13.8. The Morgan fingerprint density at radius 1 is 1.21 bits per heavy atom. The van der Waals surface area contributed by atoms with E-state index < -0.39 is 0 Å². The number of amides is 1. The smallest absolute Gasteiger partial charge is 0.224 e. The molecule has 2 rings (SSSR count). The molecule has 4 nitrogen and oxygen atoms in total. The minimum atomic E-state index is 0.0397. The molecule has 104 valence electrons. The Bertz CT molecular complexity index is 457. The summed E-state index contributed by atoms with van der Waals surface area (Å²) in [7, 11) is 0. The lowest BCUT2D eigenvalue weighted by atomic mass is 10.1. The van der Waals surface area contributed by atoms with Crippen molar-refractivity contribution in [2.45, 2.75) is 33.2 Å². The van der Waals surface area contributed by atoms with Gasteiger partial charge in [-0.3, -0.25) is 4.79 Å². The predicted molar refractivity (Wildman–Crippen MR) is 73.6 cm³/mol. The number of fused-ring (bicyclic) bond motifs is 1. The van der Waals surface area contributed by atoms with Crippen LogP contribution in [0.4, 0.5) is 0 Å². The number of carbonyl (C=O) groups is 1. The van der Waals surface area contributed by atoms with E-state index in [1.165, 1.54) is 0 Å². The minimum absolute atomic E-state index is 0.0397. The van der Waals surface area contributed by atoms with E-state index in [0.29, 0.717) is 25.6 Å². The lowest BCUT2D eigenvalue weighted by molar-refractivity contribution is -0.121. The standard InChI is InChI=1S/C15H21NO3/c1-10(2)11(3)16-15(17)9-12-4-5-13-14(8-12)19-7-6-18-13/h4-5,8,10-11H,6-7,9H2,1-3H3,(H,16,17). The van der Waals surface area contributed by atoms with Gasteiger partial charge in [-0.05, 0) is 30.5 Å². The van der Waals surface area contributed by atoms with Crippen LogP contribution in [0.3, 0.4) is 0 Å². The normalized spacial score (nSPS) is 15.2. The summed E-state index contributed by atoms with van der Waals surface area (Å²) in [6.07, 6.45) is 0.369. The third-order valence-corrected chi connectivity index (χ3v) is 3.36. The lowest BCUT2D eigenvalue weighted by Gasteiger charge is -2.20. The molecule has 1 aromatic rings. The highest BCUT2D eigenvalue weighted by Gasteiger charge is 2.14. The van der Waals surface area contributed by atoms with Gasteiger partial charge in [0.15, 0.2) is 11.5 Å². The SMILES string of the molecule is CC(C)C(C)NC(=O)Cc1ccc2c(c1)OCCO2. The maximum atomic E-state index is 11.9. The number of nitrogens with one attached hydrogen (secondary N) is 1. The Morgan fingerprint density at radius 3 is 2.58 bits per heavy atom. The van der Waals surface area contributed by atoms with Crippen LogP contribution in [-0.2, 0) is 11.2 Å².